The molecule has 0 N–H and O–H groups in total. The van der Waals surface area contributed by atoms with E-state index >= 15 is 0 Å². The van der Waals surface area contributed by atoms with E-state index in [0.717, 1.165) is 25.9 Å². The van der Waals surface area contributed by atoms with Gasteiger partial charge in [0.25, 0.3) is 11.1 Å². The first kappa shape index (κ1) is 18.8. The van der Waals surface area contributed by atoms with E-state index in [4.69, 9.17) is 4.74 Å². The van der Waals surface area contributed by atoms with E-state index in [9.17, 15) is 9.59 Å². The Hall–Kier alpha value is -3.25. The number of benzene rings is 1. The van der Waals surface area contributed by atoms with Gasteiger partial charge in [-0.15, -0.1) is 0 Å². The van der Waals surface area contributed by atoms with Crippen LogP contribution >= 0.6 is 0 Å². The van der Waals surface area contributed by atoms with Gasteiger partial charge in [-0.05, 0) is 43.0 Å². The molecule has 30 heavy (non-hydrogen) atoms. The van der Waals surface area contributed by atoms with E-state index in [2.05, 4.69) is 17.1 Å². The molecule has 6 nitrogen and oxygen atoms in total. The van der Waals surface area contributed by atoms with Crippen molar-refractivity contribution in [2.45, 2.75) is 38.5 Å². The highest BCUT2D eigenvalue weighted by molar-refractivity contribution is 5.91. The highest BCUT2D eigenvalue weighted by Crippen LogP contribution is 2.17. The molecule has 0 spiro atoms. The minimum Gasteiger partial charge on any atom is -0.376 e. The quantitative estimate of drug-likeness (QED) is 0.482. The van der Waals surface area contributed by atoms with Crippen molar-refractivity contribution in [2.75, 3.05) is 6.61 Å². The maximum absolute atomic E-state index is 13.1. The fraction of sp³-hybridized carbons (Fsp3) is 0.292. The Morgan fingerprint density at radius 1 is 0.933 bits per heavy atom. The van der Waals surface area contributed by atoms with Crippen LogP contribution in [-0.2, 0) is 24.2 Å². The number of aryl methyl sites for hydroxylation is 2. The summed E-state index contributed by atoms with van der Waals surface area (Å²) < 4.78 is 9.02. The molecule has 1 unspecified atom stereocenters. The summed E-state index contributed by atoms with van der Waals surface area (Å²) in [6.45, 7) is 1.86. The van der Waals surface area contributed by atoms with Gasteiger partial charge >= 0.3 is 0 Å². The van der Waals surface area contributed by atoms with Gasteiger partial charge in [-0.2, -0.15) is 0 Å². The van der Waals surface area contributed by atoms with Gasteiger partial charge in [-0.1, -0.05) is 30.3 Å². The lowest BCUT2D eigenvalue weighted by molar-refractivity contribution is 0.0963. The van der Waals surface area contributed by atoms with E-state index < -0.39 is 0 Å². The Bertz CT molecular complexity index is 1320. The first-order valence-electron chi connectivity index (χ1n) is 10.4. The molecular formula is C24H23N3O3. The molecule has 4 aromatic rings. The van der Waals surface area contributed by atoms with Crippen LogP contribution in [-0.4, -0.2) is 26.8 Å². The molecule has 4 heterocycles. The van der Waals surface area contributed by atoms with Crippen LogP contribution in [0.15, 0.2) is 70.5 Å². The van der Waals surface area contributed by atoms with Crippen LogP contribution in [0.25, 0.3) is 21.8 Å². The van der Waals surface area contributed by atoms with Crippen molar-refractivity contribution in [1.29, 1.82) is 0 Å². The summed E-state index contributed by atoms with van der Waals surface area (Å²) in [7, 11) is 0. The van der Waals surface area contributed by atoms with Gasteiger partial charge in [-0.25, -0.2) is 4.98 Å². The molecule has 152 valence electrons. The topological polar surface area (TPSA) is 66.1 Å². The first-order chi connectivity index (χ1) is 14.7. The molecule has 1 fully saturated rings. The van der Waals surface area contributed by atoms with Gasteiger partial charge in [0.1, 0.15) is 0 Å². The summed E-state index contributed by atoms with van der Waals surface area (Å²) in [5.74, 6) is 0. The van der Waals surface area contributed by atoms with Crippen molar-refractivity contribution >= 4 is 21.8 Å². The van der Waals surface area contributed by atoms with E-state index in [1.165, 1.54) is 5.56 Å². The summed E-state index contributed by atoms with van der Waals surface area (Å²) in [4.78, 5) is 30.7. The number of hydrogen-bond donors (Lipinski definition) is 0. The Morgan fingerprint density at radius 3 is 2.33 bits per heavy atom. The molecule has 0 aliphatic carbocycles. The van der Waals surface area contributed by atoms with Crippen molar-refractivity contribution in [2.24, 2.45) is 0 Å². The maximum atomic E-state index is 13.1. The molecule has 5 rings (SSSR count). The Balaban J connectivity index is 1.52. The minimum atomic E-state index is -0.128. The average molecular weight is 401 g/mol. The van der Waals surface area contributed by atoms with Crippen LogP contribution in [0.1, 0.15) is 18.4 Å². The lowest BCUT2D eigenvalue weighted by Gasteiger charge is -2.13. The van der Waals surface area contributed by atoms with Crippen molar-refractivity contribution in [3.05, 3.63) is 87.2 Å². The van der Waals surface area contributed by atoms with Crippen LogP contribution in [0.3, 0.4) is 0 Å². The molecule has 0 amide bonds. The van der Waals surface area contributed by atoms with Crippen LogP contribution in [0, 0.1) is 0 Å². The smallest absolute Gasteiger partial charge is 0.260 e. The number of ether oxygens (including phenoxy) is 1. The predicted octanol–water partition coefficient (Wildman–Crippen LogP) is 3.13. The second kappa shape index (κ2) is 7.88. The normalized spacial score (nSPS) is 16.5. The number of rotatable bonds is 5. The summed E-state index contributed by atoms with van der Waals surface area (Å²) in [5, 5.41) is 0.950. The fourth-order valence-electron chi connectivity index (χ4n) is 4.13. The second-order valence-electron chi connectivity index (χ2n) is 7.81. The molecule has 0 bridgehead atoms. The van der Waals surface area contributed by atoms with E-state index in [-0.39, 0.29) is 17.2 Å². The molecule has 0 radical (unpaired) electrons. The summed E-state index contributed by atoms with van der Waals surface area (Å²) in [5.41, 5.74) is 2.15. The van der Waals surface area contributed by atoms with E-state index in [1.807, 2.05) is 30.3 Å². The maximum Gasteiger partial charge on any atom is 0.260 e. The van der Waals surface area contributed by atoms with Crippen LogP contribution in [0.4, 0.5) is 0 Å². The molecule has 0 saturated carbocycles. The molecule has 6 heteroatoms. The molecule has 1 aromatic carbocycles. The van der Waals surface area contributed by atoms with E-state index in [0.29, 0.717) is 34.9 Å². The zero-order valence-electron chi connectivity index (χ0n) is 16.7. The van der Waals surface area contributed by atoms with Gasteiger partial charge in [0.15, 0.2) is 0 Å². The molecule has 1 aliphatic heterocycles. The third-order valence-electron chi connectivity index (χ3n) is 5.80. The highest BCUT2D eigenvalue weighted by atomic mass is 16.5. The standard InChI is InChI=1S/C24H23N3O3/c28-23-19-15-20-22(10-13-27(24(20)29)16-18-7-4-14-30-18)25-21(19)9-12-26(23)11-8-17-5-2-1-3-6-17/h1-3,5-6,9-10,12-13,15,18H,4,7-8,11,14,16H2. The average Bonchev–Trinajstić information content (AvgIpc) is 3.29. The van der Waals surface area contributed by atoms with Gasteiger partial charge in [-0.3, -0.25) is 9.59 Å². The van der Waals surface area contributed by atoms with Gasteiger partial charge in [0, 0.05) is 25.5 Å². The zero-order valence-corrected chi connectivity index (χ0v) is 16.7. The number of aromatic nitrogens is 3. The highest BCUT2D eigenvalue weighted by Gasteiger charge is 2.17. The SMILES string of the molecule is O=c1c2cc3c(=O)n(CC4CCCO4)ccc3nc2ccn1CCc1ccccc1. The van der Waals surface area contributed by atoms with Gasteiger partial charge in [0.2, 0.25) is 0 Å². The Morgan fingerprint density at radius 2 is 1.63 bits per heavy atom. The lowest BCUT2D eigenvalue weighted by Crippen LogP contribution is -2.26. The molecular weight excluding hydrogens is 378 g/mol. The predicted molar refractivity (Wildman–Crippen MR) is 117 cm³/mol. The van der Waals surface area contributed by atoms with Crippen molar-refractivity contribution in [3.63, 3.8) is 0 Å². The number of pyridine rings is 3. The van der Waals surface area contributed by atoms with Crippen LogP contribution in [0.5, 0.6) is 0 Å². The molecule has 1 aliphatic rings. The van der Waals surface area contributed by atoms with Gasteiger partial charge < -0.3 is 13.9 Å². The summed E-state index contributed by atoms with van der Waals surface area (Å²) >= 11 is 0. The largest absolute Gasteiger partial charge is 0.376 e. The fourth-order valence-corrected chi connectivity index (χ4v) is 4.13. The third-order valence-corrected chi connectivity index (χ3v) is 5.80. The zero-order chi connectivity index (χ0) is 20.5. The summed E-state index contributed by atoms with van der Waals surface area (Å²) in [6.07, 6.45) is 6.39. The van der Waals surface area contributed by atoms with Crippen LogP contribution in [0.2, 0.25) is 0 Å². The van der Waals surface area contributed by atoms with Crippen molar-refractivity contribution < 1.29 is 4.74 Å². The number of fused-ring (bicyclic) bond motifs is 2. The monoisotopic (exact) mass is 401 g/mol. The number of nitrogens with zero attached hydrogens (tertiary/aromatic N) is 3. The van der Waals surface area contributed by atoms with Gasteiger partial charge in [0.05, 0.1) is 34.5 Å². The Kier molecular flexibility index (Phi) is 4.93. The third kappa shape index (κ3) is 3.55. The Labute approximate surface area is 173 Å². The second-order valence-corrected chi connectivity index (χ2v) is 7.81. The first-order valence-corrected chi connectivity index (χ1v) is 10.4. The van der Waals surface area contributed by atoms with Crippen molar-refractivity contribution in [3.8, 4) is 0 Å². The van der Waals surface area contributed by atoms with E-state index in [1.54, 1.807) is 27.6 Å². The van der Waals surface area contributed by atoms with Crippen LogP contribution < -0.4 is 11.1 Å². The lowest BCUT2D eigenvalue weighted by atomic mass is 10.1. The molecule has 1 atom stereocenters. The number of hydrogen-bond acceptors (Lipinski definition) is 4. The molecule has 1 saturated heterocycles. The minimum absolute atomic E-state index is 0.0729. The molecule has 3 aromatic heterocycles. The van der Waals surface area contributed by atoms with Crippen molar-refractivity contribution in [1.82, 2.24) is 14.1 Å². The summed E-state index contributed by atoms with van der Waals surface area (Å²) in [6, 6.07) is 15.5.